The van der Waals surface area contributed by atoms with E-state index in [0.717, 1.165) is 5.75 Å². The molecule has 0 spiro atoms. The first-order valence-electron chi connectivity index (χ1n) is 7.14. The maximum Gasteiger partial charge on any atom is 0.119 e. The average molecular weight is 247 g/mol. The predicted molar refractivity (Wildman–Crippen MR) is 75.7 cm³/mol. The fourth-order valence-corrected chi connectivity index (χ4v) is 3.04. The molecule has 0 saturated heterocycles. The molecule has 0 radical (unpaired) electrons. The van der Waals surface area contributed by atoms with Crippen LogP contribution in [0.2, 0.25) is 0 Å². The second kappa shape index (κ2) is 5.75. The van der Waals surface area contributed by atoms with Gasteiger partial charge in [0.2, 0.25) is 0 Å². The Morgan fingerprint density at radius 2 is 2.00 bits per heavy atom. The Kier molecular flexibility index (Phi) is 4.28. The van der Waals surface area contributed by atoms with Crippen molar-refractivity contribution in [2.45, 2.75) is 52.0 Å². The van der Waals surface area contributed by atoms with E-state index < -0.39 is 0 Å². The Hall–Kier alpha value is -1.02. The molecule has 18 heavy (non-hydrogen) atoms. The highest BCUT2D eigenvalue weighted by Gasteiger charge is 2.34. The van der Waals surface area contributed by atoms with E-state index in [-0.39, 0.29) is 11.5 Å². The second-order valence-electron chi connectivity index (χ2n) is 5.70. The van der Waals surface area contributed by atoms with Gasteiger partial charge in [-0.1, -0.05) is 38.3 Å². The van der Waals surface area contributed by atoms with Crippen molar-refractivity contribution in [1.29, 1.82) is 0 Å². The van der Waals surface area contributed by atoms with Gasteiger partial charge in [-0.05, 0) is 42.9 Å². The Morgan fingerprint density at radius 1 is 1.28 bits per heavy atom. The lowest BCUT2D eigenvalue weighted by molar-refractivity contribution is 0.170. The fourth-order valence-electron chi connectivity index (χ4n) is 3.04. The summed E-state index contributed by atoms with van der Waals surface area (Å²) in [5.41, 5.74) is 7.98. The van der Waals surface area contributed by atoms with E-state index in [1.807, 2.05) is 19.1 Å². The van der Waals surface area contributed by atoms with Gasteiger partial charge in [-0.25, -0.2) is 0 Å². The molecule has 1 atom stereocenters. The SMILES string of the molecule is CCOc1cccc(C(N)C2(C)CCCCC2)c1. The van der Waals surface area contributed by atoms with Gasteiger partial charge in [0.15, 0.2) is 0 Å². The molecule has 1 aromatic carbocycles. The maximum atomic E-state index is 6.51. The number of ether oxygens (including phenoxy) is 1. The highest BCUT2D eigenvalue weighted by atomic mass is 16.5. The van der Waals surface area contributed by atoms with Crippen molar-refractivity contribution in [2.24, 2.45) is 11.1 Å². The van der Waals surface area contributed by atoms with Crippen LogP contribution in [0.5, 0.6) is 5.75 Å². The summed E-state index contributed by atoms with van der Waals surface area (Å²) in [5.74, 6) is 0.935. The minimum atomic E-state index is 0.123. The molecule has 0 bridgehead atoms. The molecule has 1 aromatic rings. The lowest BCUT2D eigenvalue weighted by atomic mass is 9.69. The summed E-state index contributed by atoms with van der Waals surface area (Å²) in [6.07, 6.45) is 6.48. The van der Waals surface area contributed by atoms with Crippen molar-refractivity contribution >= 4 is 0 Å². The van der Waals surface area contributed by atoms with Crippen LogP contribution in [0.4, 0.5) is 0 Å². The predicted octanol–water partition coefficient (Wildman–Crippen LogP) is 4.06. The molecular formula is C16H25NO. The third-order valence-corrected chi connectivity index (χ3v) is 4.27. The Bertz CT molecular complexity index is 382. The van der Waals surface area contributed by atoms with Crippen LogP contribution in [0.15, 0.2) is 24.3 Å². The van der Waals surface area contributed by atoms with Crippen LogP contribution in [-0.4, -0.2) is 6.61 Å². The second-order valence-corrected chi connectivity index (χ2v) is 5.70. The molecular weight excluding hydrogens is 222 g/mol. The molecule has 0 aliphatic heterocycles. The Labute approximate surface area is 111 Å². The van der Waals surface area contributed by atoms with E-state index in [4.69, 9.17) is 10.5 Å². The summed E-state index contributed by atoms with van der Waals surface area (Å²) in [7, 11) is 0. The van der Waals surface area contributed by atoms with Crippen LogP contribution < -0.4 is 10.5 Å². The lowest BCUT2D eigenvalue weighted by Crippen LogP contribution is -2.33. The van der Waals surface area contributed by atoms with Crippen molar-refractivity contribution in [3.8, 4) is 5.75 Å². The van der Waals surface area contributed by atoms with Gasteiger partial charge in [-0.2, -0.15) is 0 Å². The summed E-state index contributed by atoms with van der Waals surface area (Å²) in [5, 5.41) is 0. The molecule has 2 N–H and O–H groups in total. The van der Waals surface area contributed by atoms with E-state index in [1.165, 1.54) is 37.7 Å². The van der Waals surface area contributed by atoms with Gasteiger partial charge in [-0.15, -0.1) is 0 Å². The van der Waals surface area contributed by atoms with E-state index in [9.17, 15) is 0 Å². The highest BCUT2D eigenvalue weighted by Crippen LogP contribution is 2.44. The van der Waals surface area contributed by atoms with Gasteiger partial charge in [0.25, 0.3) is 0 Å². The topological polar surface area (TPSA) is 35.2 Å². The monoisotopic (exact) mass is 247 g/mol. The fraction of sp³-hybridized carbons (Fsp3) is 0.625. The molecule has 100 valence electrons. The first kappa shape index (κ1) is 13.4. The molecule has 1 fully saturated rings. The van der Waals surface area contributed by atoms with Gasteiger partial charge in [-0.3, -0.25) is 0 Å². The van der Waals surface area contributed by atoms with Crippen molar-refractivity contribution < 1.29 is 4.74 Å². The Balaban J connectivity index is 2.16. The zero-order chi connectivity index (χ0) is 13.0. The van der Waals surface area contributed by atoms with Crippen LogP contribution in [0.3, 0.4) is 0 Å². The van der Waals surface area contributed by atoms with E-state index in [0.29, 0.717) is 6.61 Å². The summed E-state index contributed by atoms with van der Waals surface area (Å²) < 4.78 is 5.56. The summed E-state index contributed by atoms with van der Waals surface area (Å²) in [6, 6.07) is 8.41. The first-order chi connectivity index (χ1) is 8.65. The molecule has 2 heteroatoms. The van der Waals surface area contributed by atoms with Gasteiger partial charge in [0, 0.05) is 6.04 Å². The van der Waals surface area contributed by atoms with Crippen LogP contribution in [-0.2, 0) is 0 Å². The molecule has 1 aliphatic rings. The van der Waals surface area contributed by atoms with E-state index in [2.05, 4.69) is 19.1 Å². The molecule has 1 saturated carbocycles. The summed E-state index contributed by atoms with van der Waals surface area (Å²) in [4.78, 5) is 0. The molecule has 2 nitrogen and oxygen atoms in total. The molecule has 0 heterocycles. The quantitative estimate of drug-likeness (QED) is 0.871. The minimum Gasteiger partial charge on any atom is -0.494 e. The Morgan fingerprint density at radius 3 is 2.67 bits per heavy atom. The van der Waals surface area contributed by atoms with Crippen molar-refractivity contribution in [1.82, 2.24) is 0 Å². The zero-order valence-electron chi connectivity index (χ0n) is 11.6. The number of benzene rings is 1. The molecule has 0 amide bonds. The van der Waals surface area contributed by atoms with Crippen molar-refractivity contribution in [2.75, 3.05) is 6.61 Å². The maximum absolute atomic E-state index is 6.51. The summed E-state index contributed by atoms with van der Waals surface area (Å²) in [6.45, 7) is 5.05. The third-order valence-electron chi connectivity index (χ3n) is 4.27. The average Bonchev–Trinajstić information content (AvgIpc) is 2.39. The zero-order valence-corrected chi connectivity index (χ0v) is 11.6. The lowest BCUT2D eigenvalue weighted by Gasteiger charge is -2.39. The summed E-state index contributed by atoms with van der Waals surface area (Å²) >= 11 is 0. The van der Waals surface area contributed by atoms with Crippen molar-refractivity contribution in [3.05, 3.63) is 29.8 Å². The number of hydrogen-bond donors (Lipinski definition) is 1. The molecule has 1 unspecified atom stereocenters. The molecule has 0 aromatic heterocycles. The van der Waals surface area contributed by atoms with Gasteiger partial charge in [0.05, 0.1) is 6.61 Å². The minimum absolute atomic E-state index is 0.123. The highest BCUT2D eigenvalue weighted by molar-refractivity contribution is 5.31. The largest absolute Gasteiger partial charge is 0.494 e. The van der Waals surface area contributed by atoms with Crippen LogP contribution in [0, 0.1) is 5.41 Å². The molecule has 1 aliphatic carbocycles. The van der Waals surface area contributed by atoms with E-state index >= 15 is 0 Å². The van der Waals surface area contributed by atoms with Gasteiger partial charge in [0.1, 0.15) is 5.75 Å². The molecule has 2 rings (SSSR count). The third kappa shape index (κ3) is 2.86. The normalized spacial score (nSPS) is 20.4. The number of rotatable bonds is 4. The smallest absolute Gasteiger partial charge is 0.119 e. The van der Waals surface area contributed by atoms with E-state index in [1.54, 1.807) is 0 Å². The van der Waals surface area contributed by atoms with Gasteiger partial charge >= 0.3 is 0 Å². The number of nitrogens with two attached hydrogens (primary N) is 1. The van der Waals surface area contributed by atoms with Crippen LogP contribution in [0.1, 0.15) is 57.6 Å². The number of hydrogen-bond acceptors (Lipinski definition) is 2. The first-order valence-corrected chi connectivity index (χ1v) is 7.14. The van der Waals surface area contributed by atoms with Crippen LogP contribution >= 0.6 is 0 Å². The standard InChI is InChI=1S/C16H25NO/c1-3-18-14-9-7-8-13(12-14)15(17)16(2)10-5-4-6-11-16/h7-9,12,15H,3-6,10-11,17H2,1-2H3. The van der Waals surface area contributed by atoms with Gasteiger partial charge < -0.3 is 10.5 Å². The van der Waals surface area contributed by atoms with Crippen LogP contribution in [0.25, 0.3) is 0 Å². The van der Waals surface area contributed by atoms with Crippen molar-refractivity contribution in [3.63, 3.8) is 0 Å².